The van der Waals surface area contributed by atoms with Crippen molar-refractivity contribution in [3.05, 3.63) is 71.8 Å². The summed E-state index contributed by atoms with van der Waals surface area (Å²) in [6, 6.07) is 11.0. The Labute approximate surface area is 127 Å². The molecule has 0 aliphatic heterocycles. The molecule has 2 aromatic heterocycles. The Bertz CT molecular complexity index is 765. The van der Waals surface area contributed by atoms with Crippen molar-refractivity contribution in [2.45, 2.75) is 13.5 Å². The Morgan fingerprint density at radius 1 is 1.18 bits per heavy atom. The second-order valence-electron chi connectivity index (χ2n) is 4.88. The van der Waals surface area contributed by atoms with Crippen molar-refractivity contribution in [1.82, 2.24) is 19.7 Å². The molecule has 0 unspecified atom stereocenters. The van der Waals surface area contributed by atoms with Crippen LogP contribution in [0.5, 0.6) is 0 Å². The summed E-state index contributed by atoms with van der Waals surface area (Å²) in [4.78, 5) is 20.3. The van der Waals surface area contributed by atoms with Crippen molar-refractivity contribution in [3.8, 4) is 0 Å². The zero-order valence-electron chi connectivity index (χ0n) is 12.1. The number of rotatable bonds is 4. The summed E-state index contributed by atoms with van der Waals surface area (Å²) in [7, 11) is 0. The van der Waals surface area contributed by atoms with Gasteiger partial charge in [-0.1, -0.05) is 12.1 Å². The van der Waals surface area contributed by atoms with Gasteiger partial charge in [-0.15, -0.1) is 0 Å². The van der Waals surface area contributed by atoms with Crippen LogP contribution >= 0.6 is 0 Å². The Balaban J connectivity index is 1.68. The molecule has 3 aromatic rings. The van der Waals surface area contributed by atoms with E-state index in [-0.39, 0.29) is 5.91 Å². The van der Waals surface area contributed by atoms with E-state index in [0.29, 0.717) is 18.1 Å². The number of anilines is 1. The third kappa shape index (κ3) is 3.35. The van der Waals surface area contributed by atoms with Gasteiger partial charge in [0, 0.05) is 29.8 Å². The standard InChI is InChI=1S/C16H15N5O/c1-12-7-9-17-16(19-12)20-15(22)14-5-3-13(4-6-14)11-21-10-2-8-18-21/h2-10H,11H2,1H3,(H,17,19,20,22). The first-order valence-electron chi connectivity index (χ1n) is 6.88. The number of aromatic nitrogens is 4. The van der Waals surface area contributed by atoms with Crippen molar-refractivity contribution in [1.29, 1.82) is 0 Å². The van der Waals surface area contributed by atoms with Crippen LogP contribution in [0.2, 0.25) is 0 Å². The fraction of sp³-hybridized carbons (Fsp3) is 0.125. The van der Waals surface area contributed by atoms with Gasteiger partial charge < -0.3 is 0 Å². The molecule has 0 aliphatic rings. The van der Waals surface area contributed by atoms with Gasteiger partial charge in [-0.3, -0.25) is 14.8 Å². The first kappa shape index (κ1) is 13.9. The molecule has 0 fully saturated rings. The predicted molar refractivity (Wildman–Crippen MR) is 82.5 cm³/mol. The van der Waals surface area contributed by atoms with Crippen LogP contribution < -0.4 is 5.32 Å². The molecule has 0 atom stereocenters. The molecule has 0 aliphatic carbocycles. The number of carbonyl (C=O) groups is 1. The van der Waals surface area contributed by atoms with Crippen LogP contribution in [0.3, 0.4) is 0 Å². The molecule has 6 nitrogen and oxygen atoms in total. The highest BCUT2D eigenvalue weighted by Gasteiger charge is 2.08. The van der Waals surface area contributed by atoms with Gasteiger partial charge in [0.25, 0.3) is 5.91 Å². The third-order valence-corrected chi connectivity index (χ3v) is 3.14. The van der Waals surface area contributed by atoms with E-state index < -0.39 is 0 Å². The average Bonchev–Trinajstić information content (AvgIpc) is 3.01. The first-order chi connectivity index (χ1) is 10.7. The van der Waals surface area contributed by atoms with Crippen molar-refractivity contribution >= 4 is 11.9 Å². The molecule has 3 rings (SSSR count). The van der Waals surface area contributed by atoms with Crippen LogP contribution in [0.4, 0.5) is 5.95 Å². The van der Waals surface area contributed by atoms with Crippen molar-refractivity contribution in [2.75, 3.05) is 5.32 Å². The molecule has 1 aromatic carbocycles. The number of nitrogens with one attached hydrogen (secondary N) is 1. The third-order valence-electron chi connectivity index (χ3n) is 3.14. The van der Waals surface area contributed by atoms with E-state index in [2.05, 4.69) is 20.4 Å². The van der Waals surface area contributed by atoms with Crippen LogP contribution in [0.1, 0.15) is 21.6 Å². The van der Waals surface area contributed by atoms with E-state index in [4.69, 9.17) is 0 Å². The topological polar surface area (TPSA) is 72.7 Å². The molecule has 1 N–H and O–H groups in total. The summed E-state index contributed by atoms with van der Waals surface area (Å²) >= 11 is 0. The van der Waals surface area contributed by atoms with E-state index in [1.807, 2.05) is 36.0 Å². The fourth-order valence-electron chi connectivity index (χ4n) is 2.03. The molecular formula is C16H15N5O. The largest absolute Gasteiger partial charge is 0.290 e. The molecule has 110 valence electrons. The van der Waals surface area contributed by atoms with Gasteiger partial charge in [-0.25, -0.2) is 9.97 Å². The number of amides is 1. The van der Waals surface area contributed by atoms with Crippen molar-refractivity contribution in [3.63, 3.8) is 0 Å². The van der Waals surface area contributed by atoms with E-state index in [9.17, 15) is 4.79 Å². The maximum Gasteiger partial charge on any atom is 0.258 e. The van der Waals surface area contributed by atoms with Crippen molar-refractivity contribution in [2.24, 2.45) is 0 Å². The highest BCUT2D eigenvalue weighted by atomic mass is 16.1. The molecule has 0 saturated carbocycles. The molecule has 0 radical (unpaired) electrons. The van der Waals surface area contributed by atoms with E-state index in [1.165, 1.54) is 0 Å². The van der Waals surface area contributed by atoms with Crippen LogP contribution in [0, 0.1) is 6.92 Å². The zero-order chi connectivity index (χ0) is 15.4. The van der Waals surface area contributed by atoms with Gasteiger partial charge in [0.2, 0.25) is 5.95 Å². The van der Waals surface area contributed by atoms with Crippen LogP contribution in [0.15, 0.2) is 55.0 Å². The summed E-state index contributed by atoms with van der Waals surface area (Å²) < 4.78 is 1.83. The monoisotopic (exact) mass is 293 g/mol. The number of carbonyl (C=O) groups excluding carboxylic acids is 1. The minimum Gasteiger partial charge on any atom is -0.290 e. The molecule has 22 heavy (non-hydrogen) atoms. The lowest BCUT2D eigenvalue weighted by molar-refractivity contribution is 0.102. The Kier molecular flexibility index (Phi) is 3.91. The van der Waals surface area contributed by atoms with Gasteiger partial charge in [0.15, 0.2) is 0 Å². The number of aryl methyl sites for hydroxylation is 1. The zero-order valence-corrected chi connectivity index (χ0v) is 12.1. The number of nitrogens with zero attached hydrogens (tertiary/aromatic N) is 4. The van der Waals surface area contributed by atoms with Crippen LogP contribution in [-0.2, 0) is 6.54 Å². The van der Waals surface area contributed by atoms with Crippen LogP contribution in [0.25, 0.3) is 0 Å². The lowest BCUT2D eigenvalue weighted by Crippen LogP contribution is -2.14. The Hall–Kier alpha value is -3.02. The lowest BCUT2D eigenvalue weighted by atomic mass is 10.1. The molecule has 0 spiro atoms. The van der Waals surface area contributed by atoms with Crippen molar-refractivity contribution < 1.29 is 4.79 Å². The molecule has 2 heterocycles. The molecule has 0 bridgehead atoms. The molecular weight excluding hydrogens is 278 g/mol. The Morgan fingerprint density at radius 3 is 2.68 bits per heavy atom. The average molecular weight is 293 g/mol. The number of hydrogen-bond donors (Lipinski definition) is 1. The van der Waals surface area contributed by atoms with Gasteiger partial charge >= 0.3 is 0 Å². The number of hydrogen-bond acceptors (Lipinski definition) is 4. The SMILES string of the molecule is Cc1ccnc(NC(=O)c2ccc(Cn3cccn3)cc2)n1. The summed E-state index contributed by atoms with van der Waals surface area (Å²) in [6.45, 7) is 2.53. The summed E-state index contributed by atoms with van der Waals surface area (Å²) in [5, 5.41) is 6.84. The second-order valence-corrected chi connectivity index (χ2v) is 4.88. The first-order valence-corrected chi connectivity index (χ1v) is 6.88. The quantitative estimate of drug-likeness (QED) is 0.801. The van der Waals surface area contributed by atoms with Gasteiger partial charge in [-0.2, -0.15) is 5.10 Å². The molecule has 6 heteroatoms. The molecule has 1 amide bonds. The minimum absolute atomic E-state index is 0.226. The molecule has 0 saturated heterocycles. The van der Waals surface area contributed by atoms with Gasteiger partial charge in [0.1, 0.15) is 0 Å². The predicted octanol–water partition coefficient (Wildman–Crippen LogP) is 2.28. The van der Waals surface area contributed by atoms with E-state index in [1.54, 1.807) is 30.6 Å². The summed E-state index contributed by atoms with van der Waals surface area (Å²) in [5.74, 6) is 0.0851. The van der Waals surface area contributed by atoms with Gasteiger partial charge in [-0.05, 0) is 36.8 Å². The highest BCUT2D eigenvalue weighted by molar-refractivity contribution is 6.03. The van der Waals surface area contributed by atoms with Gasteiger partial charge in [0.05, 0.1) is 6.54 Å². The normalized spacial score (nSPS) is 10.4. The fourth-order valence-corrected chi connectivity index (χ4v) is 2.03. The second kappa shape index (κ2) is 6.17. The maximum atomic E-state index is 12.1. The smallest absolute Gasteiger partial charge is 0.258 e. The van der Waals surface area contributed by atoms with E-state index >= 15 is 0 Å². The maximum absolute atomic E-state index is 12.1. The van der Waals surface area contributed by atoms with Crippen LogP contribution in [-0.4, -0.2) is 25.7 Å². The summed E-state index contributed by atoms with van der Waals surface area (Å²) in [6.07, 6.45) is 5.25. The lowest BCUT2D eigenvalue weighted by Gasteiger charge is -2.06. The summed E-state index contributed by atoms with van der Waals surface area (Å²) in [5.41, 5.74) is 2.45. The minimum atomic E-state index is -0.226. The van der Waals surface area contributed by atoms with E-state index in [0.717, 1.165) is 11.3 Å². The Morgan fingerprint density at radius 2 is 2.00 bits per heavy atom. The number of benzene rings is 1. The highest BCUT2D eigenvalue weighted by Crippen LogP contribution is 2.08.